The zero-order chi connectivity index (χ0) is 14.8. The van der Waals surface area contributed by atoms with Crippen LogP contribution in [0.15, 0.2) is 58.5 Å². The van der Waals surface area contributed by atoms with E-state index < -0.39 is 0 Å². The molecule has 5 heteroatoms. The number of carbonyl (C=O) groups excluding carboxylic acids is 1. The summed E-state index contributed by atoms with van der Waals surface area (Å²) in [7, 11) is 1.35. The molecule has 0 saturated heterocycles. The van der Waals surface area contributed by atoms with Crippen LogP contribution in [0.25, 0.3) is 10.9 Å². The average Bonchev–Trinajstić information content (AvgIpc) is 2.90. The first-order valence-corrected chi connectivity index (χ1v) is 7.22. The second-order valence-electron chi connectivity index (χ2n) is 4.57. The summed E-state index contributed by atoms with van der Waals surface area (Å²) in [4.78, 5) is 15.7. The number of nitrogens with one attached hydrogen (secondary N) is 1. The highest BCUT2D eigenvalue weighted by Crippen LogP contribution is 2.33. The number of anilines is 1. The number of hydrogen-bond donors (Lipinski definition) is 2. The number of aromatic amines is 1. The third-order valence-corrected chi connectivity index (χ3v) is 4.19. The molecule has 0 spiro atoms. The van der Waals surface area contributed by atoms with Gasteiger partial charge in [0.2, 0.25) is 0 Å². The molecule has 0 aliphatic carbocycles. The molecule has 0 unspecified atom stereocenters. The average molecular weight is 298 g/mol. The molecule has 0 radical (unpaired) electrons. The summed E-state index contributed by atoms with van der Waals surface area (Å²) in [6.07, 6.45) is 0. The number of fused-ring (bicyclic) bond motifs is 1. The number of nitrogens with two attached hydrogens (primary N) is 1. The Bertz CT molecular complexity index is 778. The highest BCUT2D eigenvalue weighted by Gasteiger charge is 2.10. The molecular weight excluding hydrogens is 284 g/mol. The van der Waals surface area contributed by atoms with Gasteiger partial charge in [-0.2, -0.15) is 0 Å². The van der Waals surface area contributed by atoms with E-state index in [0.717, 1.165) is 20.8 Å². The molecular formula is C16H14N2O2S. The molecule has 0 fully saturated rings. The number of hydrogen-bond acceptors (Lipinski definition) is 4. The molecule has 2 aromatic carbocycles. The lowest BCUT2D eigenvalue weighted by molar-refractivity contribution is 0.0600. The molecule has 4 nitrogen and oxygen atoms in total. The number of ether oxygens (including phenoxy) is 1. The minimum atomic E-state index is -0.385. The lowest BCUT2D eigenvalue weighted by atomic mass is 10.2. The fourth-order valence-electron chi connectivity index (χ4n) is 2.11. The number of aromatic nitrogens is 1. The normalized spacial score (nSPS) is 10.7. The lowest BCUT2D eigenvalue weighted by Gasteiger charge is -2.06. The Labute approximate surface area is 126 Å². The molecule has 106 valence electrons. The Morgan fingerprint density at radius 1 is 1.19 bits per heavy atom. The smallest absolute Gasteiger partial charge is 0.337 e. The van der Waals surface area contributed by atoms with E-state index in [1.54, 1.807) is 12.1 Å². The van der Waals surface area contributed by atoms with Gasteiger partial charge in [0.15, 0.2) is 0 Å². The van der Waals surface area contributed by atoms with Crippen LogP contribution in [0.5, 0.6) is 0 Å². The molecule has 0 aliphatic rings. The highest BCUT2D eigenvalue weighted by molar-refractivity contribution is 7.99. The van der Waals surface area contributed by atoms with E-state index in [-0.39, 0.29) is 5.97 Å². The van der Waals surface area contributed by atoms with Crippen LogP contribution < -0.4 is 5.73 Å². The SMILES string of the molecule is COC(=O)c1ccc(Sc2cc3ccccc3[nH]2)c(N)c1. The van der Waals surface area contributed by atoms with Crippen LogP contribution >= 0.6 is 11.8 Å². The third kappa shape index (κ3) is 2.73. The summed E-state index contributed by atoms with van der Waals surface area (Å²) in [5.74, 6) is -0.385. The summed E-state index contributed by atoms with van der Waals surface area (Å²) in [5.41, 5.74) is 8.11. The lowest BCUT2D eigenvalue weighted by Crippen LogP contribution is -2.02. The van der Waals surface area contributed by atoms with Gasteiger partial charge in [-0.05, 0) is 30.3 Å². The fraction of sp³-hybridized carbons (Fsp3) is 0.0625. The van der Waals surface area contributed by atoms with Crippen LogP contribution in [-0.2, 0) is 4.74 Å². The van der Waals surface area contributed by atoms with Gasteiger partial charge in [-0.15, -0.1) is 0 Å². The van der Waals surface area contributed by atoms with Crippen molar-refractivity contribution >= 4 is 34.3 Å². The van der Waals surface area contributed by atoms with Crippen LogP contribution in [0.3, 0.4) is 0 Å². The maximum Gasteiger partial charge on any atom is 0.337 e. The quantitative estimate of drug-likeness (QED) is 0.571. The predicted octanol–water partition coefficient (Wildman–Crippen LogP) is 3.69. The molecule has 0 aliphatic heterocycles. The van der Waals surface area contributed by atoms with E-state index in [2.05, 4.69) is 21.9 Å². The summed E-state index contributed by atoms with van der Waals surface area (Å²) in [6, 6.07) is 15.3. The van der Waals surface area contributed by atoms with E-state index in [0.29, 0.717) is 11.3 Å². The van der Waals surface area contributed by atoms with Crippen LogP contribution in [-0.4, -0.2) is 18.1 Å². The van der Waals surface area contributed by atoms with Crippen LogP contribution in [0, 0.1) is 0 Å². The summed E-state index contributed by atoms with van der Waals surface area (Å²) >= 11 is 1.54. The monoisotopic (exact) mass is 298 g/mol. The largest absolute Gasteiger partial charge is 0.465 e. The van der Waals surface area contributed by atoms with Crippen molar-refractivity contribution < 1.29 is 9.53 Å². The van der Waals surface area contributed by atoms with Gasteiger partial charge in [0.05, 0.1) is 17.7 Å². The fourth-order valence-corrected chi connectivity index (χ4v) is 3.00. The van der Waals surface area contributed by atoms with Crippen molar-refractivity contribution in [2.75, 3.05) is 12.8 Å². The number of nitrogen functional groups attached to an aromatic ring is 1. The van der Waals surface area contributed by atoms with Gasteiger partial charge in [0, 0.05) is 21.5 Å². The molecule has 0 atom stereocenters. The number of esters is 1. The Morgan fingerprint density at radius 2 is 2.00 bits per heavy atom. The number of carbonyl (C=O) groups is 1. The number of benzene rings is 2. The Kier molecular flexibility index (Phi) is 3.58. The van der Waals surface area contributed by atoms with Crippen molar-refractivity contribution in [2.24, 2.45) is 0 Å². The minimum absolute atomic E-state index is 0.385. The van der Waals surface area contributed by atoms with Gasteiger partial charge in [-0.3, -0.25) is 0 Å². The van der Waals surface area contributed by atoms with Gasteiger partial charge < -0.3 is 15.5 Å². The maximum absolute atomic E-state index is 11.5. The number of para-hydroxylation sites is 1. The van der Waals surface area contributed by atoms with Crippen molar-refractivity contribution in [3.05, 3.63) is 54.1 Å². The molecule has 0 saturated carbocycles. The Balaban J connectivity index is 1.89. The standard InChI is InChI=1S/C16H14N2O2S/c1-20-16(19)11-6-7-14(12(17)8-11)21-15-9-10-4-2-3-5-13(10)18-15/h2-9,18H,17H2,1H3. The minimum Gasteiger partial charge on any atom is -0.465 e. The molecule has 3 N–H and O–H groups in total. The van der Waals surface area contributed by atoms with E-state index in [4.69, 9.17) is 5.73 Å². The van der Waals surface area contributed by atoms with Crippen molar-refractivity contribution in [2.45, 2.75) is 9.92 Å². The van der Waals surface area contributed by atoms with Crippen molar-refractivity contribution in [1.29, 1.82) is 0 Å². The van der Waals surface area contributed by atoms with Crippen molar-refractivity contribution in [1.82, 2.24) is 4.98 Å². The highest BCUT2D eigenvalue weighted by atomic mass is 32.2. The van der Waals surface area contributed by atoms with Gasteiger partial charge in [0.1, 0.15) is 0 Å². The maximum atomic E-state index is 11.5. The number of methoxy groups -OCH3 is 1. The second kappa shape index (κ2) is 5.54. The molecule has 3 aromatic rings. The van der Waals surface area contributed by atoms with Crippen LogP contribution in [0.1, 0.15) is 10.4 Å². The van der Waals surface area contributed by atoms with Gasteiger partial charge in [-0.1, -0.05) is 30.0 Å². The van der Waals surface area contributed by atoms with Crippen LogP contribution in [0.4, 0.5) is 5.69 Å². The second-order valence-corrected chi connectivity index (χ2v) is 5.65. The predicted molar refractivity (Wildman–Crippen MR) is 84.6 cm³/mol. The molecule has 3 rings (SSSR count). The van der Waals surface area contributed by atoms with Crippen molar-refractivity contribution in [3.8, 4) is 0 Å². The first-order valence-electron chi connectivity index (χ1n) is 6.41. The zero-order valence-electron chi connectivity index (χ0n) is 11.4. The number of H-pyrrole nitrogens is 1. The molecule has 0 bridgehead atoms. The van der Waals surface area contributed by atoms with Crippen LogP contribution in [0.2, 0.25) is 0 Å². The van der Waals surface area contributed by atoms with Gasteiger partial charge in [-0.25, -0.2) is 4.79 Å². The Morgan fingerprint density at radius 3 is 2.71 bits per heavy atom. The summed E-state index contributed by atoms with van der Waals surface area (Å²) in [5, 5.41) is 2.17. The van der Waals surface area contributed by atoms with E-state index in [1.165, 1.54) is 18.9 Å². The molecule has 0 amide bonds. The Hall–Kier alpha value is -2.40. The summed E-state index contributed by atoms with van der Waals surface area (Å²) in [6.45, 7) is 0. The van der Waals surface area contributed by atoms with Gasteiger partial charge >= 0.3 is 5.97 Å². The molecule has 1 aromatic heterocycles. The third-order valence-electron chi connectivity index (χ3n) is 3.16. The number of rotatable bonds is 3. The molecule has 21 heavy (non-hydrogen) atoms. The van der Waals surface area contributed by atoms with Crippen molar-refractivity contribution in [3.63, 3.8) is 0 Å². The van der Waals surface area contributed by atoms with E-state index in [1.807, 2.05) is 24.3 Å². The first kappa shape index (κ1) is 13.6. The zero-order valence-corrected chi connectivity index (χ0v) is 12.2. The molecule has 1 heterocycles. The van der Waals surface area contributed by atoms with E-state index >= 15 is 0 Å². The van der Waals surface area contributed by atoms with Gasteiger partial charge in [0.25, 0.3) is 0 Å². The van der Waals surface area contributed by atoms with E-state index in [9.17, 15) is 4.79 Å². The summed E-state index contributed by atoms with van der Waals surface area (Å²) < 4.78 is 4.68. The first-order chi connectivity index (χ1) is 10.2. The topological polar surface area (TPSA) is 68.1 Å².